The van der Waals surface area contributed by atoms with Gasteiger partial charge in [0.15, 0.2) is 0 Å². The van der Waals surface area contributed by atoms with E-state index in [0.29, 0.717) is 13.0 Å². The van der Waals surface area contributed by atoms with E-state index in [1.54, 1.807) is 0 Å². The van der Waals surface area contributed by atoms with Gasteiger partial charge in [0.25, 0.3) is 5.91 Å². The summed E-state index contributed by atoms with van der Waals surface area (Å²) < 4.78 is 24.5. The van der Waals surface area contributed by atoms with Crippen molar-refractivity contribution in [2.24, 2.45) is 0 Å². The molecule has 0 bridgehead atoms. The number of rotatable bonds is 5. The van der Waals surface area contributed by atoms with Crippen molar-refractivity contribution in [2.45, 2.75) is 19.4 Å². The van der Waals surface area contributed by atoms with Crippen LogP contribution in [0.1, 0.15) is 21.5 Å². The van der Waals surface area contributed by atoms with Crippen molar-refractivity contribution in [2.75, 3.05) is 32.4 Å². The summed E-state index contributed by atoms with van der Waals surface area (Å²) in [5.41, 5.74) is 0. The van der Waals surface area contributed by atoms with Crippen molar-refractivity contribution in [1.29, 1.82) is 0 Å². The fourth-order valence-electron chi connectivity index (χ4n) is 2.27. The fraction of sp³-hybridized carbons (Fsp3) is 0.615. The minimum atomic E-state index is -3.16. The highest BCUT2D eigenvalue weighted by molar-refractivity contribution is 7.88. The summed E-state index contributed by atoms with van der Waals surface area (Å²) in [6.45, 7) is 4.77. The second-order valence-corrected chi connectivity index (χ2v) is 8.24. The number of carbonyl (C=O) groups excluding carboxylic acids is 1. The molecule has 2 N–H and O–H groups in total. The van der Waals surface area contributed by atoms with Gasteiger partial charge in [0.1, 0.15) is 0 Å². The maximum absolute atomic E-state index is 12.5. The third-order valence-electron chi connectivity index (χ3n) is 3.37. The largest absolute Gasteiger partial charge is 0.333 e. The minimum absolute atomic E-state index is 0.0660. The van der Waals surface area contributed by atoms with Gasteiger partial charge in [-0.2, -0.15) is 0 Å². The lowest BCUT2D eigenvalue weighted by atomic mass is 10.2. The molecule has 2 rings (SSSR count). The van der Waals surface area contributed by atoms with Crippen molar-refractivity contribution in [3.8, 4) is 0 Å². The van der Waals surface area contributed by atoms with E-state index >= 15 is 0 Å². The SMILES string of the molecule is C[C@H]1CNCCN1C(=O)c1ccc(CCNS(C)(=O)=O)s1. The molecule has 1 saturated heterocycles. The summed E-state index contributed by atoms with van der Waals surface area (Å²) in [5, 5.41) is 3.26. The number of carbonyl (C=O) groups is 1. The summed E-state index contributed by atoms with van der Waals surface area (Å²) in [7, 11) is -3.16. The van der Waals surface area contributed by atoms with Crippen molar-refractivity contribution >= 4 is 27.3 Å². The van der Waals surface area contributed by atoms with E-state index in [9.17, 15) is 13.2 Å². The molecule has 0 radical (unpaired) electrons. The first-order chi connectivity index (χ1) is 9.87. The topological polar surface area (TPSA) is 78.5 Å². The highest BCUT2D eigenvalue weighted by atomic mass is 32.2. The smallest absolute Gasteiger partial charge is 0.264 e. The van der Waals surface area contributed by atoms with Crippen molar-refractivity contribution in [3.63, 3.8) is 0 Å². The van der Waals surface area contributed by atoms with E-state index < -0.39 is 10.0 Å². The summed E-state index contributed by atoms with van der Waals surface area (Å²) >= 11 is 1.44. The Morgan fingerprint density at radius 1 is 1.52 bits per heavy atom. The zero-order valence-corrected chi connectivity index (χ0v) is 13.9. The Balaban J connectivity index is 1.94. The molecule has 0 unspecified atom stereocenters. The van der Waals surface area contributed by atoms with Gasteiger partial charge in [-0.15, -0.1) is 11.3 Å². The van der Waals surface area contributed by atoms with Gasteiger partial charge in [-0.25, -0.2) is 13.1 Å². The summed E-state index contributed by atoms with van der Waals surface area (Å²) in [5.74, 6) is 0.0660. The Bertz CT molecular complexity index is 598. The number of piperazine rings is 1. The van der Waals surface area contributed by atoms with E-state index in [2.05, 4.69) is 10.0 Å². The molecule has 1 aliphatic heterocycles. The Kier molecular flexibility index (Phi) is 5.37. The molecule has 1 aromatic rings. The van der Waals surface area contributed by atoms with Crippen LogP contribution in [0.3, 0.4) is 0 Å². The molecule has 1 aliphatic rings. The van der Waals surface area contributed by atoms with Crippen molar-refractivity contribution in [1.82, 2.24) is 14.9 Å². The number of nitrogens with zero attached hydrogens (tertiary/aromatic N) is 1. The molecule has 0 aliphatic carbocycles. The zero-order chi connectivity index (χ0) is 15.5. The van der Waals surface area contributed by atoms with Gasteiger partial charge < -0.3 is 10.2 Å². The first kappa shape index (κ1) is 16.4. The normalized spacial score (nSPS) is 19.7. The van der Waals surface area contributed by atoms with Crippen LogP contribution >= 0.6 is 11.3 Å². The second kappa shape index (κ2) is 6.87. The summed E-state index contributed by atoms with van der Waals surface area (Å²) in [4.78, 5) is 16.1. The molecule has 118 valence electrons. The molecular formula is C13H21N3O3S2. The van der Waals surface area contributed by atoms with E-state index in [1.165, 1.54) is 11.3 Å². The van der Waals surface area contributed by atoms with Crippen LogP contribution in [0.25, 0.3) is 0 Å². The maximum atomic E-state index is 12.5. The van der Waals surface area contributed by atoms with Gasteiger partial charge in [-0.3, -0.25) is 4.79 Å². The fourth-order valence-corrected chi connectivity index (χ4v) is 3.71. The average molecular weight is 331 g/mol. The average Bonchev–Trinajstić information content (AvgIpc) is 2.86. The van der Waals surface area contributed by atoms with Crippen LogP contribution in [0.2, 0.25) is 0 Å². The van der Waals surface area contributed by atoms with Crippen molar-refractivity contribution in [3.05, 3.63) is 21.9 Å². The monoisotopic (exact) mass is 331 g/mol. The lowest BCUT2D eigenvalue weighted by molar-refractivity contribution is 0.0661. The molecule has 0 saturated carbocycles. The highest BCUT2D eigenvalue weighted by Crippen LogP contribution is 2.20. The summed E-state index contributed by atoms with van der Waals surface area (Å²) in [6.07, 6.45) is 1.74. The Labute approximate surface area is 129 Å². The van der Waals surface area contributed by atoms with Gasteiger partial charge in [-0.05, 0) is 25.5 Å². The first-order valence-electron chi connectivity index (χ1n) is 6.92. The van der Waals surface area contributed by atoms with Crippen molar-refractivity contribution < 1.29 is 13.2 Å². The molecule has 2 heterocycles. The number of thiophene rings is 1. The van der Waals surface area contributed by atoms with Crippen LogP contribution in [0, 0.1) is 0 Å². The van der Waals surface area contributed by atoms with Crippen LogP contribution in [-0.2, 0) is 16.4 Å². The molecule has 1 amide bonds. The second-order valence-electron chi connectivity index (χ2n) is 5.23. The first-order valence-corrected chi connectivity index (χ1v) is 9.62. The molecule has 6 nitrogen and oxygen atoms in total. The third-order valence-corrected chi connectivity index (χ3v) is 5.23. The molecule has 0 aromatic carbocycles. The minimum Gasteiger partial charge on any atom is -0.333 e. The van der Waals surface area contributed by atoms with E-state index in [1.807, 2.05) is 24.0 Å². The molecule has 1 atom stereocenters. The quantitative estimate of drug-likeness (QED) is 0.812. The van der Waals surface area contributed by atoms with Crippen LogP contribution in [0.15, 0.2) is 12.1 Å². The van der Waals surface area contributed by atoms with E-state index in [4.69, 9.17) is 0 Å². The van der Waals surface area contributed by atoms with E-state index in [0.717, 1.165) is 35.6 Å². The van der Waals surface area contributed by atoms with Gasteiger partial charge in [0, 0.05) is 37.1 Å². The zero-order valence-electron chi connectivity index (χ0n) is 12.3. The molecule has 1 fully saturated rings. The Hall–Kier alpha value is -0.960. The highest BCUT2D eigenvalue weighted by Gasteiger charge is 2.24. The number of hydrogen-bond acceptors (Lipinski definition) is 5. The predicted octanol–water partition coefficient (Wildman–Crippen LogP) is 0.274. The van der Waals surface area contributed by atoms with Crippen LogP contribution in [0.4, 0.5) is 0 Å². The van der Waals surface area contributed by atoms with Gasteiger partial charge >= 0.3 is 0 Å². The standard InChI is InChI=1S/C13H21N3O3S2/c1-10-9-14-7-8-16(10)13(17)12-4-3-11(20-12)5-6-15-21(2,18)19/h3-4,10,14-15H,5-9H2,1-2H3/t10-/m0/s1. The van der Waals surface area contributed by atoms with Gasteiger partial charge in [0.2, 0.25) is 10.0 Å². The number of amides is 1. The third kappa shape index (κ3) is 4.77. The molecular weight excluding hydrogens is 310 g/mol. The Morgan fingerprint density at radius 3 is 2.95 bits per heavy atom. The lowest BCUT2D eigenvalue weighted by Gasteiger charge is -2.33. The van der Waals surface area contributed by atoms with Crippen LogP contribution < -0.4 is 10.0 Å². The molecule has 1 aromatic heterocycles. The maximum Gasteiger partial charge on any atom is 0.264 e. The van der Waals surface area contributed by atoms with Crippen LogP contribution in [0.5, 0.6) is 0 Å². The van der Waals surface area contributed by atoms with Gasteiger partial charge in [0.05, 0.1) is 11.1 Å². The van der Waals surface area contributed by atoms with Crippen LogP contribution in [-0.4, -0.2) is 57.7 Å². The van der Waals surface area contributed by atoms with E-state index in [-0.39, 0.29) is 11.9 Å². The lowest BCUT2D eigenvalue weighted by Crippen LogP contribution is -2.52. The number of hydrogen-bond donors (Lipinski definition) is 2. The Morgan fingerprint density at radius 2 is 2.29 bits per heavy atom. The molecule has 21 heavy (non-hydrogen) atoms. The van der Waals surface area contributed by atoms with Gasteiger partial charge in [-0.1, -0.05) is 0 Å². The molecule has 8 heteroatoms. The summed E-state index contributed by atoms with van der Waals surface area (Å²) in [6, 6.07) is 3.93. The number of nitrogens with one attached hydrogen (secondary N) is 2. The predicted molar refractivity (Wildman–Crippen MR) is 84.2 cm³/mol. The molecule has 0 spiro atoms. The number of sulfonamides is 1.